The maximum absolute atomic E-state index is 13.5. The molecule has 3 heterocycles. The lowest BCUT2D eigenvalue weighted by atomic mass is 9.97. The van der Waals surface area contributed by atoms with Gasteiger partial charge in [-0.05, 0) is 67.1 Å². The highest BCUT2D eigenvalue weighted by atomic mass is 32.2. The number of hydrogen-bond acceptors (Lipinski definition) is 5. The largest absolute Gasteiger partial charge is 0.369 e. The molecule has 0 atom stereocenters. The lowest BCUT2D eigenvalue weighted by Crippen LogP contribution is -2.40. The Hall–Kier alpha value is -3.72. The first-order valence-corrected chi connectivity index (χ1v) is 11.8. The molecule has 1 aromatic heterocycles. The smallest absolute Gasteiger partial charge is 0.286 e. The number of amides is 2. The number of likely N-dealkylation sites (tertiary alicyclic amines) is 1. The van der Waals surface area contributed by atoms with Crippen molar-refractivity contribution in [2.24, 2.45) is 16.6 Å². The minimum Gasteiger partial charge on any atom is -0.369 e. The summed E-state index contributed by atoms with van der Waals surface area (Å²) in [5, 5.41) is 5.36. The van der Waals surface area contributed by atoms with E-state index in [0.29, 0.717) is 41.7 Å². The third kappa shape index (κ3) is 4.51. The van der Waals surface area contributed by atoms with Gasteiger partial charge in [-0.2, -0.15) is 10.1 Å². The zero-order valence-corrected chi connectivity index (χ0v) is 19.0. The molecule has 0 unspecified atom stereocenters. The van der Waals surface area contributed by atoms with Crippen molar-refractivity contribution in [1.82, 2.24) is 14.7 Å². The number of primary amides is 1. The van der Waals surface area contributed by atoms with Crippen LogP contribution in [0, 0.1) is 11.7 Å². The number of thioether (sulfide) groups is 1. The number of carbonyl (C=O) groups excluding carboxylic acids is 2. The van der Waals surface area contributed by atoms with Gasteiger partial charge in [0.1, 0.15) is 5.82 Å². The molecule has 0 radical (unpaired) electrons. The molecule has 34 heavy (non-hydrogen) atoms. The number of aromatic nitrogens is 2. The van der Waals surface area contributed by atoms with Crippen LogP contribution in [-0.2, 0) is 9.59 Å². The number of benzene rings is 2. The van der Waals surface area contributed by atoms with Gasteiger partial charge in [0.2, 0.25) is 5.91 Å². The van der Waals surface area contributed by atoms with Crippen LogP contribution in [0.3, 0.4) is 0 Å². The van der Waals surface area contributed by atoms with Crippen molar-refractivity contribution in [3.63, 3.8) is 0 Å². The van der Waals surface area contributed by atoms with Crippen molar-refractivity contribution in [2.45, 2.75) is 12.8 Å². The fraction of sp³-hybridized carbons (Fsp3) is 0.200. The van der Waals surface area contributed by atoms with E-state index < -0.39 is 0 Å². The van der Waals surface area contributed by atoms with Gasteiger partial charge in [-0.3, -0.25) is 9.59 Å². The molecule has 2 aromatic carbocycles. The SMILES string of the molecule is NC(=O)C1CCN(C2=NC(=O)/C(=C\c3cn(-c4ccccc4)nc3-c3ccc(F)cc3)S2)CC1. The van der Waals surface area contributed by atoms with Crippen molar-refractivity contribution >= 4 is 34.8 Å². The van der Waals surface area contributed by atoms with Gasteiger partial charge in [0.05, 0.1) is 16.3 Å². The van der Waals surface area contributed by atoms with Gasteiger partial charge in [0.15, 0.2) is 5.17 Å². The highest BCUT2D eigenvalue weighted by Crippen LogP contribution is 2.34. The van der Waals surface area contributed by atoms with E-state index in [1.807, 2.05) is 41.4 Å². The van der Waals surface area contributed by atoms with Crippen LogP contribution in [0.4, 0.5) is 4.39 Å². The standard InChI is InChI=1S/C25H22FN5O2S/c26-19-8-6-16(7-9-19)22-18(15-31(29-22)20-4-2-1-3-5-20)14-21-24(33)28-25(34-21)30-12-10-17(11-13-30)23(27)32/h1-9,14-15,17H,10-13H2,(H2,27,32)/b21-14+. The molecule has 0 bridgehead atoms. The average Bonchev–Trinajstić information content (AvgIpc) is 3.44. The number of nitrogens with two attached hydrogens (primary N) is 1. The Bertz CT molecular complexity index is 1290. The molecule has 1 saturated heterocycles. The van der Waals surface area contributed by atoms with E-state index in [1.165, 1.54) is 23.9 Å². The maximum atomic E-state index is 13.5. The Labute approximate surface area is 200 Å². The van der Waals surface area contributed by atoms with E-state index in [9.17, 15) is 14.0 Å². The summed E-state index contributed by atoms with van der Waals surface area (Å²) in [5.41, 5.74) is 8.41. The molecule has 0 aliphatic carbocycles. The zero-order valence-electron chi connectivity index (χ0n) is 18.2. The summed E-state index contributed by atoms with van der Waals surface area (Å²) in [6, 6.07) is 15.8. The summed E-state index contributed by atoms with van der Waals surface area (Å²) >= 11 is 1.32. The molecule has 7 nitrogen and oxygen atoms in total. The summed E-state index contributed by atoms with van der Waals surface area (Å²) in [7, 11) is 0. The van der Waals surface area contributed by atoms with Gasteiger partial charge < -0.3 is 10.6 Å². The Morgan fingerprint density at radius 3 is 2.47 bits per heavy atom. The van der Waals surface area contributed by atoms with Crippen LogP contribution in [-0.4, -0.2) is 44.8 Å². The summed E-state index contributed by atoms with van der Waals surface area (Å²) < 4.78 is 15.3. The third-order valence-electron chi connectivity index (χ3n) is 5.94. The lowest BCUT2D eigenvalue weighted by molar-refractivity contribution is -0.123. The van der Waals surface area contributed by atoms with Gasteiger partial charge >= 0.3 is 0 Å². The molecule has 9 heteroatoms. The normalized spacial score (nSPS) is 17.9. The van der Waals surface area contributed by atoms with Gasteiger partial charge in [0, 0.05) is 36.3 Å². The Morgan fingerprint density at radius 1 is 1.09 bits per heavy atom. The molecule has 0 spiro atoms. The quantitative estimate of drug-likeness (QED) is 0.579. The molecular formula is C25H22FN5O2S. The summed E-state index contributed by atoms with van der Waals surface area (Å²) in [6.45, 7) is 1.26. The molecule has 3 aromatic rings. The second-order valence-electron chi connectivity index (χ2n) is 8.19. The number of halogens is 1. The van der Waals surface area contributed by atoms with Gasteiger partial charge in [-0.15, -0.1) is 0 Å². The van der Waals surface area contributed by atoms with Crippen molar-refractivity contribution in [2.75, 3.05) is 13.1 Å². The van der Waals surface area contributed by atoms with Crippen LogP contribution in [0.15, 0.2) is 70.7 Å². The van der Waals surface area contributed by atoms with Gasteiger partial charge in [-0.25, -0.2) is 9.07 Å². The first kappa shape index (κ1) is 22.1. The molecule has 1 fully saturated rings. The number of rotatable bonds is 4. The molecule has 2 amide bonds. The number of hydrogen-bond donors (Lipinski definition) is 1. The van der Waals surface area contributed by atoms with Crippen molar-refractivity contribution < 1.29 is 14.0 Å². The van der Waals surface area contributed by atoms with Crippen molar-refractivity contribution in [3.05, 3.63) is 77.1 Å². The fourth-order valence-corrected chi connectivity index (χ4v) is 5.02. The van der Waals surface area contributed by atoms with Crippen LogP contribution in [0.5, 0.6) is 0 Å². The van der Waals surface area contributed by atoms with E-state index in [-0.39, 0.29) is 23.5 Å². The number of para-hydroxylation sites is 1. The number of amidine groups is 1. The molecule has 2 aliphatic heterocycles. The number of piperidine rings is 1. The van der Waals surface area contributed by atoms with E-state index in [0.717, 1.165) is 16.8 Å². The first-order chi connectivity index (χ1) is 16.5. The highest BCUT2D eigenvalue weighted by molar-refractivity contribution is 8.18. The minimum absolute atomic E-state index is 0.129. The number of nitrogens with zero attached hydrogens (tertiary/aromatic N) is 4. The van der Waals surface area contributed by atoms with Crippen LogP contribution in [0.2, 0.25) is 0 Å². The van der Waals surface area contributed by atoms with E-state index >= 15 is 0 Å². The molecule has 2 N–H and O–H groups in total. The van der Waals surface area contributed by atoms with Gasteiger partial charge in [0.25, 0.3) is 5.91 Å². The predicted molar refractivity (Wildman–Crippen MR) is 130 cm³/mol. The van der Waals surface area contributed by atoms with E-state index in [1.54, 1.807) is 22.9 Å². The number of carbonyl (C=O) groups is 2. The molecule has 0 saturated carbocycles. The Balaban J connectivity index is 1.44. The second-order valence-corrected chi connectivity index (χ2v) is 9.20. The summed E-state index contributed by atoms with van der Waals surface area (Å²) in [4.78, 5) is 30.9. The van der Waals surface area contributed by atoms with E-state index in [2.05, 4.69) is 4.99 Å². The molecule has 172 valence electrons. The Morgan fingerprint density at radius 2 is 1.79 bits per heavy atom. The fourth-order valence-electron chi connectivity index (χ4n) is 4.07. The van der Waals surface area contributed by atoms with E-state index in [4.69, 9.17) is 10.8 Å². The van der Waals surface area contributed by atoms with Crippen LogP contribution < -0.4 is 5.73 Å². The summed E-state index contributed by atoms with van der Waals surface area (Å²) in [6.07, 6.45) is 4.94. The van der Waals surface area contributed by atoms with Crippen LogP contribution >= 0.6 is 11.8 Å². The molecule has 5 rings (SSSR count). The predicted octanol–water partition coefficient (Wildman–Crippen LogP) is 3.85. The zero-order chi connectivity index (χ0) is 23.7. The van der Waals surface area contributed by atoms with Gasteiger partial charge in [-0.1, -0.05) is 18.2 Å². The molecule has 2 aliphatic rings. The van der Waals surface area contributed by atoms with Crippen molar-refractivity contribution in [3.8, 4) is 16.9 Å². The highest BCUT2D eigenvalue weighted by Gasteiger charge is 2.30. The topological polar surface area (TPSA) is 93.6 Å². The number of aliphatic imine (C=N–C) groups is 1. The minimum atomic E-state index is -0.328. The van der Waals surface area contributed by atoms with Crippen LogP contribution in [0.25, 0.3) is 23.0 Å². The average molecular weight is 476 g/mol. The van der Waals surface area contributed by atoms with Crippen molar-refractivity contribution in [1.29, 1.82) is 0 Å². The van der Waals surface area contributed by atoms with Crippen LogP contribution in [0.1, 0.15) is 18.4 Å². The first-order valence-electron chi connectivity index (χ1n) is 11.0. The Kier molecular flexibility index (Phi) is 6.02. The monoisotopic (exact) mass is 475 g/mol. The maximum Gasteiger partial charge on any atom is 0.286 e. The second kappa shape index (κ2) is 9.26. The lowest BCUT2D eigenvalue weighted by Gasteiger charge is -2.31. The third-order valence-corrected chi connectivity index (χ3v) is 6.99. The summed E-state index contributed by atoms with van der Waals surface area (Å²) in [5.74, 6) is -1.04. The molecular weight excluding hydrogens is 453 g/mol.